The molecule has 1 N–H and O–H groups in total. The maximum atomic E-state index is 12.4. The van der Waals surface area contributed by atoms with Gasteiger partial charge in [0, 0.05) is 10.6 Å². The summed E-state index contributed by atoms with van der Waals surface area (Å²) in [5, 5.41) is 13.8. The van der Waals surface area contributed by atoms with Crippen molar-refractivity contribution in [1.82, 2.24) is 10.2 Å². The number of ether oxygens (including phenoxy) is 1. The van der Waals surface area contributed by atoms with Crippen molar-refractivity contribution in [3.05, 3.63) is 42.5 Å². The Morgan fingerprint density at radius 1 is 1.12 bits per heavy atom. The molecule has 1 amide bonds. The highest BCUT2D eigenvalue weighted by Crippen LogP contribution is 2.29. The maximum Gasteiger partial charge on any atom is 0.266 e. The molecule has 130 valence electrons. The first-order chi connectivity index (χ1) is 12.0. The molecule has 3 rings (SSSR count). The number of amides is 1. The SMILES string of the molecule is CC(C)Sc1nnc(NC(=O)[C@H](C)Oc2cccc3ccccc23)s1. The standard InChI is InChI=1S/C18H19N3O2S2/c1-11(2)24-18-21-20-17(25-18)19-16(22)12(3)23-15-10-6-8-13-7-4-5-9-14(13)15/h4-12H,1-3H3,(H,19,20,22)/t12-/m0/s1. The number of carbonyl (C=O) groups is 1. The average Bonchev–Trinajstić information content (AvgIpc) is 3.01. The highest BCUT2D eigenvalue weighted by molar-refractivity contribution is 8.01. The molecular formula is C18H19N3O2S2. The Balaban J connectivity index is 1.67. The van der Waals surface area contributed by atoms with Gasteiger partial charge in [0.1, 0.15) is 5.75 Å². The molecule has 0 fully saturated rings. The van der Waals surface area contributed by atoms with E-state index < -0.39 is 6.10 Å². The van der Waals surface area contributed by atoms with Crippen LogP contribution in [0.1, 0.15) is 20.8 Å². The van der Waals surface area contributed by atoms with Gasteiger partial charge >= 0.3 is 0 Å². The molecule has 0 aliphatic rings. The average molecular weight is 374 g/mol. The van der Waals surface area contributed by atoms with Crippen LogP contribution in [0.15, 0.2) is 46.8 Å². The molecule has 0 saturated heterocycles. The van der Waals surface area contributed by atoms with E-state index in [4.69, 9.17) is 4.74 Å². The first-order valence-corrected chi connectivity index (χ1v) is 9.68. The third kappa shape index (κ3) is 4.49. The normalized spacial score (nSPS) is 12.3. The van der Waals surface area contributed by atoms with E-state index in [9.17, 15) is 4.79 Å². The van der Waals surface area contributed by atoms with Crippen LogP contribution in [-0.2, 0) is 4.79 Å². The smallest absolute Gasteiger partial charge is 0.266 e. The lowest BCUT2D eigenvalue weighted by molar-refractivity contribution is -0.122. The summed E-state index contributed by atoms with van der Waals surface area (Å²) >= 11 is 2.99. The Morgan fingerprint density at radius 2 is 1.88 bits per heavy atom. The van der Waals surface area contributed by atoms with Crippen LogP contribution < -0.4 is 10.1 Å². The van der Waals surface area contributed by atoms with E-state index in [1.54, 1.807) is 18.7 Å². The number of nitrogens with zero attached hydrogens (tertiary/aromatic N) is 2. The number of hydrogen-bond donors (Lipinski definition) is 1. The molecule has 7 heteroatoms. The van der Waals surface area contributed by atoms with Crippen LogP contribution in [0.2, 0.25) is 0 Å². The van der Waals surface area contributed by atoms with Gasteiger partial charge in [0.05, 0.1) is 0 Å². The van der Waals surface area contributed by atoms with Crippen LogP contribution in [0.3, 0.4) is 0 Å². The Morgan fingerprint density at radius 3 is 2.68 bits per heavy atom. The summed E-state index contributed by atoms with van der Waals surface area (Å²) in [6.45, 7) is 5.90. The van der Waals surface area contributed by atoms with E-state index in [0.29, 0.717) is 16.1 Å². The number of fused-ring (bicyclic) bond motifs is 1. The minimum atomic E-state index is -0.643. The van der Waals surface area contributed by atoms with Crippen LogP contribution in [0.25, 0.3) is 10.8 Å². The van der Waals surface area contributed by atoms with Gasteiger partial charge in [-0.3, -0.25) is 10.1 Å². The van der Waals surface area contributed by atoms with Crippen LogP contribution in [0, 0.1) is 0 Å². The summed E-state index contributed by atoms with van der Waals surface area (Å²) in [4.78, 5) is 12.4. The van der Waals surface area contributed by atoms with Crippen LogP contribution in [0.5, 0.6) is 5.75 Å². The Labute approximate surface area is 154 Å². The van der Waals surface area contributed by atoms with Gasteiger partial charge in [0.15, 0.2) is 10.4 Å². The summed E-state index contributed by atoms with van der Waals surface area (Å²) < 4.78 is 6.71. The van der Waals surface area contributed by atoms with E-state index >= 15 is 0 Å². The van der Waals surface area contributed by atoms with Crippen molar-refractivity contribution in [3.63, 3.8) is 0 Å². The maximum absolute atomic E-state index is 12.4. The van der Waals surface area contributed by atoms with E-state index in [1.807, 2.05) is 42.5 Å². The summed E-state index contributed by atoms with van der Waals surface area (Å²) in [6, 6.07) is 13.7. The van der Waals surface area contributed by atoms with Crippen molar-refractivity contribution >= 4 is 44.9 Å². The fourth-order valence-electron chi connectivity index (χ4n) is 2.26. The van der Waals surface area contributed by atoms with Gasteiger partial charge in [-0.1, -0.05) is 73.3 Å². The molecule has 1 aromatic heterocycles. The molecule has 0 radical (unpaired) electrons. The molecule has 25 heavy (non-hydrogen) atoms. The van der Waals surface area contributed by atoms with Gasteiger partial charge in [0.2, 0.25) is 5.13 Å². The highest BCUT2D eigenvalue weighted by atomic mass is 32.2. The van der Waals surface area contributed by atoms with Gasteiger partial charge in [-0.05, 0) is 18.4 Å². The molecule has 0 bridgehead atoms. The van der Waals surface area contributed by atoms with E-state index in [-0.39, 0.29) is 5.91 Å². The predicted molar refractivity (Wildman–Crippen MR) is 104 cm³/mol. The zero-order chi connectivity index (χ0) is 17.8. The van der Waals surface area contributed by atoms with Gasteiger partial charge in [-0.15, -0.1) is 10.2 Å². The van der Waals surface area contributed by atoms with Gasteiger partial charge in [0.25, 0.3) is 5.91 Å². The number of anilines is 1. The fraction of sp³-hybridized carbons (Fsp3) is 0.278. The molecule has 0 unspecified atom stereocenters. The zero-order valence-electron chi connectivity index (χ0n) is 14.2. The van der Waals surface area contributed by atoms with Crippen molar-refractivity contribution in [1.29, 1.82) is 0 Å². The van der Waals surface area contributed by atoms with Crippen molar-refractivity contribution in [3.8, 4) is 5.75 Å². The zero-order valence-corrected chi connectivity index (χ0v) is 15.9. The van der Waals surface area contributed by atoms with Crippen LogP contribution in [-0.4, -0.2) is 27.5 Å². The molecule has 3 aromatic rings. The number of hydrogen-bond acceptors (Lipinski definition) is 6. The van der Waals surface area contributed by atoms with Crippen molar-refractivity contribution < 1.29 is 9.53 Å². The van der Waals surface area contributed by atoms with E-state index in [1.165, 1.54) is 11.3 Å². The third-order valence-corrected chi connectivity index (χ3v) is 5.32. The summed E-state index contributed by atoms with van der Waals surface area (Å²) in [6.07, 6.45) is -0.643. The molecule has 0 spiro atoms. The van der Waals surface area contributed by atoms with Crippen molar-refractivity contribution in [2.24, 2.45) is 0 Å². The summed E-state index contributed by atoms with van der Waals surface area (Å²) in [5.41, 5.74) is 0. The highest BCUT2D eigenvalue weighted by Gasteiger charge is 2.18. The molecule has 1 atom stereocenters. The Kier molecular flexibility index (Phi) is 5.55. The molecule has 2 aromatic carbocycles. The first-order valence-electron chi connectivity index (χ1n) is 7.98. The largest absolute Gasteiger partial charge is 0.480 e. The molecular weight excluding hydrogens is 354 g/mol. The first kappa shape index (κ1) is 17.7. The van der Waals surface area contributed by atoms with Crippen LogP contribution in [0.4, 0.5) is 5.13 Å². The number of rotatable bonds is 6. The number of benzene rings is 2. The quantitative estimate of drug-likeness (QED) is 0.505. The molecule has 0 saturated carbocycles. The van der Waals surface area contributed by atoms with Crippen molar-refractivity contribution in [2.45, 2.75) is 36.5 Å². The van der Waals surface area contributed by atoms with E-state index in [0.717, 1.165) is 15.1 Å². The molecule has 1 heterocycles. The Hall–Kier alpha value is -2.12. The summed E-state index contributed by atoms with van der Waals surface area (Å²) in [5.74, 6) is 0.444. The number of thioether (sulfide) groups is 1. The number of aromatic nitrogens is 2. The lowest BCUT2D eigenvalue weighted by Crippen LogP contribution is -2.30. The predicted octanol–water partition coefficient (Wildman–Crippen LogP) is 4.60. The molecule has 5 nitrogen and oxygen atoms in total. The Bertz CT molecular complexity index is 874. The van der Waals surface area contributed by atoms with Crippen LogP contribution >= 0.6 is 23.1 Å². The second-order valence-electron chi connectivity index (χ2n) is 5.77. The third-order valence-electron chi connectivity index (χ3n) is 3.40. The second kappa shape index (κ2) is 7.84. The number of carbonyl (C=O) groups excluding carboxylic acids is 1. The van der Waals surface area contributed by atoms with E-state index in [2.05, 4.69) is 29.4 Å². The summed E-state index contributed by atoms with van der Waals surface area (Å²) in [7, 11) is 0. The molecule has 0 aliphatic carbocycles. The second-order valence-corrected chi connectivity index (χ2v) is 8.57. The minimum absolute atomic E-state index is 0.245. The van der Waals surface area contributed by atoms with Gasteiger partial charge in [-0.25, -0.2) is 0 Å². The van der Waals surface area contributed by atoms with Crippen molar-refractivity contribution in [2.75, 3.05) is 5.32 Å². The van der Waals surface area contributed by atoms with Gasteiger partial charge in [-0.2, -0.15) is 0 Å². The topological polar surface area (TPSA) is 64.1 Å². The van der Waals surface area contributed by atoms with Gasteiger partial charge < -0.3 is 4.74 Å². The number of nitrogens with one attached hydrogen (secondary N) is 1. The fourth-order valence-corrected chi connectivity index (χ4v) is 4.24. The molecule has 0 aliphatic heterocycles. The monoisotopic (exact) mass is 373 g/mol. The minimum Gasteiger partial charge on any atom is -0.480 e. The lowest BCUT2D eigenvalue weighted by atomic mass is 10.1. The lowest BCUT2D eigenvalue weighted by Gasteiger charge is -2.15.